The number of fused-ring (bicyclic) bond motifs is 2. The van der Waals surface area contributed by atoms with E-state index in [1.807, 2.05) is 6.07 Å². The lowest BCUT2D eigenvalue weighted by Gasteiger charge is -2.32. The number of rotatable bonds is 3. The van der Waals surface area contributed by atoms with E-state index in [4.69, 9.17) is 9.47 Å². The zero-order valence-electron chi connectivity index (χ0n) is 15.6. The molecule has 0 saturated heterocycles. The highest BCUT2D eigenvalue weighted by Gasteiger charge is 2.24. The highest BCUT2D eigenvalue weighted by atomic mass is 16.7. The number of ether oxygens (including phenoxy) is 2. The molecule has 0 aromatic heterocycles. The maximum Gasteiger partial charge on any atom is 0.231 e. The van der Waals surface area contributed by atoms with Crippen LogP contribution in [-0.4, -0.2) is 24.3 Å². The molecule has 0 amide bonds. The van der Waals surface area contributed by atoms with Crippen molar-refractivity contribution >= 4 is 0 Å². The minimum absolute atomic E-state index is 0.327. The maximum absolute atomic E-state index is 5.78. The highest BCUT2D eigenvalue weighted by Crippen LogP contribution is 2.45. The molecule has 3 heteroatoms. The molecule has 0 N–H and O–H groups in total. The first-order valence-electron chi connectivity index (χ1n) is 9.33. The Balaban J connectivity index is 1.75. The van der Waals surface area contributed by atoms with E-state index in [0.29, 0.717) is 18.8 Å². The smallest absolute Gasteiger partial charge is 0.231 e. The third kappa shape index (κ3) is 2.91. The average Bonchev–Trinajstić information content (AvgIpc) is 3.08. The lowest BCUT2D eigenvalue weighted by atomic mass is 9.88. The second-order valence-electron chi connectivity index (χ2n) is 7.71. The fraction of sp³-hybridized carbons (Fsp3) is 0.455. The summed E-state index contributed by atoms with van der Waals surface area (Å²) in [7, 11) is 0. The molecule has 2 aliphatic rings. The minimum atomic E-state index is 0.327. The quantitative estimate of drug-likeness (QED) is 0.789. The standard InChI is InChI=1S/C22H27NO2/c1-14(2)21-19(7-8-20-22(21)25-13-24-20)17-5-6-18-12-23(15(3)4)10-9-16(18)11-17/h5-8,11,14-15H,9-10,12-13H2,1-4H3. The van der Waals surface area contributed by atoms with Crippen molar-refractivity contribution in [3.63, 3.8) is 0 Å². The molecule has 2 heterocycles. The lowest BCUT2D eigenvalue weighted by molar-refractivity contribution is 0.173. The fourth-order valence-electron chi connectivity index (χ4n) is 4.00. The van der Waals surface area contributed by atoms with E-state index in [-0.39, 0.29) is 0 Å². The predicted octanol–water partition coefficient (Wildman–Crippen LogP) is 4.97. The van der Waals surface area contributed by atoms with Crippen LogP contribution in [0.5, 0.6) is 11.5 Å². The maximum atomic E-state index is 5.78. The predicted molar refractivity (Wildman–Crippen MR) is 101 cm³/mol. The van der Waals surface area contributed by atoms with Crippen LogP contribution in [0.2, 0.25) is 0 Å². The van der Waals surface area contributed by atoms with Gasteiger partial charge in [-0.3, -0.25) is 4.90 Å². The summed E-state index contributed by atoms with van der Waals surface area (Å²) in [6.45, 7) is 11.5. The summed E-state index contributed by atoms with van der Waals surface area (Å²) in [6.07, 6.45) is 1.13. The van der Waals surface area contributed by atoms with Crippen LogP contribution in [0.25, 0.3) is 11.1 Å². The van der Waals surface area contributed by atoms with Crippen molar-refractivity contribution < 1.29 is 9.47 Å². The molecule has 0 fully saturated rings. The van der Waals surface area contributed by atoms with Crippen molar-refractivity contribution in [2.45, 2.75) is 52.6 Å². The molecule has 2 aromatic carbocycles. The van der Waals surface area contributed by atoms with Gasteiger partial charge in [-0.2, -0.15) is 0 Å². The molecule has 0 aliphatic carbocycles. The first-order chi connectivity index (χ1) is 12.0. The first-order valence-corrected chi connectivity index (χ1v) is 9.33. The Morgan fingerprint density at radius 2 is 1.80 bits per heavy atom. The molecule has 4 rings (SSSR count). The van der Waals surface area contributed by atoms with Crippen LogP contribution in [0.3, 0.4) is 0 Å². The summed E-state index contributed by atoms with van der Waals surface area (Å²) in [5.74, 6) is 2.19. The molecule has 0 saturated carbocycles. The topological polar surface area (TPSA) is 21.7 Å². The molecule has 0 unspecified atom stereocenters. The normalized spacial score (nSPS) is 16.6. The van der Waals surface area contributed by atoms with Crippen molar-refractivity contribution in [3.05, 3.63) is 47.0 Å². The Labute approximate surface area is 150 Å². The number of hydrogen-bond donors (Lipinski definition) is 0. The van der Waals surface area contributed by atoms with E-state index in [0.717, 1.165) is 31.0 Å². The van der Waals surface area contributed by atoms with Crippen LogP contribution in [0.15, 0.2) is 30.3 Å². The SMILES string of the molecule is CC(C)c1c(-c2ccc3c(c2)CCN(C(C)C)C3)ccc2c1OCO2. The van der Waals surface area contributed by atoms with Gasteiger partial charge in [0.2, 0.25) is 6.79 Å². The zero-order chi connectivity index (χ0) is 17.6. The minimum Gasteiger partial charge on any atom is -0.454 e. The summed E-state index contributed by atoms with van der Waals surface area (Å²) in [4.78, 5) is 2.54. The van der Waals surface area contributed by atoms with Gasteiger partial charge in [0.05, 0.1) is 0 Å². The summed E-state index contributed by atoms with van der Waals surface area (Å²) >= 11 is 0. The van der Waals surface area contributed by atoms with E-state index in [2.05, 4.69) is 56.9 Å². The van der Waals surface area contributed by atoms with Crippen molar-refractivity contribution in [1.82, 2.24) is 4.90 Å². The Morgan fingerprint density at radius 1 is 0.960 bits per heavy atom. The monoisotopic (exact) mass is 337 g/mol. The van der Waals surface area contributed by atoms with Crippen LogP contribution in [-0.2, 0) is 13.0 Å². The van der Waals surface area contributed by atoms with Crippen LogP contribution in [0.1, 0.15) is 50.3 Å². The van der Waals surface area contributed by atoms with Gasteiger partial charge in [0, 0.05) is 24.7 Å². The van der Waals surface area contributed by atoms with E-state index >= 15 is 0 Å². The molecule has 0 spiro atoms. The Morgan fingerprint density at radius 3 is 2.56 bits per heavy atom. The Hall–Kier alpha value is -2.00. The summed E-state index contributed by atoms with van der Waals surface area (Å²) in [5, 5.41) is 0. The fourth-order valence-corrected chi connectivity index (χ4v) is 4.00. The van der Waals surface area contributed by atoms with Gasteiger partial charge < -0.3 is 9.47 Å². The number of hydrogen-bond acceptors (Lipinski definition) is 3. The first kappa shape index (κ1) is 16.5. The van der Waals surface area contributed by atoms with Gasteiger partial charge in [0.1, 0.15) is 0 Å². The van der Waals surface area contributed by atoms with E-state index in [9.17, 15) is 0 Å². The van der Waals surface area contributed by atoms with Gasteiger partial charge in [-0.15, -0.1) is 0 Å². The van der Waals surface area contributed by atoms with E-state index in [1.54, 1.807) is 0 Å². The van der Waals surface area contributed by atoms with Gasteiger partial charge in [0.25, 0.3) is 0 Å². The van der Waals surface area contributed by atoms with Crippen molar-refractivity contribution in [2.24, 2.45) is 0 Å². The van der Waals surface area contributed by atoms with E-state index in [1.165, 1.54) is 27.8 Å². The van der Waals surface area contributed by atoms with Crippen molar-refractivity contribution in [1.29, 1.82) is 0 Å². The third-order valence-corrected chi connectivity index (χ3v) is 5.44. The van der Waals surface area contributed by atoms with Gasteiger partial charge in [-0.1, -0.05) is 38.1 Å². The molecule has 0 bridgehead atoms. The van der Waals surface area contributed by atoms with Gasteiger partial charge in [-0.05, 0) is 54.5 Å². The van der Waals surface area contributed by atoms with Gasteiger partial charge >= 0.3 is 0 Å². The van der Waals surface area contributed by atoms with Gasteiger partial charge in [0.15, 0.2) is 11.5 Å². The molecule has 0 radical (unpaired) electrons. The van der Waals surface area contributed by atoms with E-state index < -0.39 is 0 Å². The van der Waals surface area contributed by atoms with Crippen LogP contribution >= 0.6 is 0 Å². The Kier molecular flexibility index (Phi) is 4.20. The van der Waals surface area contributed by atoms with Crippen molar-refractivity contribution in [3.8, 4) is 22.6 Å². The van der Waals surface area contributed by atoms with Gasteiger partial charge in [-0.25, -0.2) is 0 Å². The largest absolute Gasteiger partial charge is 0.454 e. The molecular formula is C22H27NO2. The third-order valence-electron chi connectivity index (χ3n) is 5.44. The Bertz CT molecular complexity index is 795. The molecule has 132 valence electrons. The molecule has 2 aliphatic heterocycles. The molecule has 2 aromatic rings. The molecule has 0 atom stereocenters. The highest BCUT2D eigenvalue weighted by molar-refractivity contribution is 5.74. The summed E-state index contributed by atoms with van der Waals surface area (Å²) in [6, 6.07) is 11.8. The lowest BCUT2D eigenvalue weighted by Crippen LogP contribution is -2.35. The summed E-state index contributed by atoms with van der Waals surface area (Å²) in [5.41, 5.74) is 6.78. The summed E-state index contributed by atoms with van der Waals surface area (Å²) < 4.78 is 11.4. The molecule has 3 nitrogen and oxygen atoms in total. The second kappa shape index (κ2) is 6.38. The van der Waals surface area contributed by atoms with Crippen LogP contribution in [0, 0.1) is 0 Å². The molecular weight excluding hydrogens is 310 g/mol. The van der Waals surface area contributed by atoms with Crippen LogP contribution in [0.4, 0.5) is 0 Å². The van der Waals surface area contributed by atoms with Crippen LogP contribution < -0.4 is 9.47 Å². The zero-order valence-corrected chi connectivity index (χ0v) is 15.6. The molecule has 25 heavy (non-hydrogen) atoms. The van der Waals surface area contributed by atoms with Crippen molar-refractivity contribution in [2.75, 3.05) is 13.3 Å². The number of benzene rings is 2. The second-order valence-corrected chi connectivity index (χ2v) is 7.71. The average molecular weight is 337 g/mol. The number of nitrogens with zero attached hydrogens (tertiary/aromatic N) is 1.